The summed E-state index contributed by atoms with van der Waals surface area (Å²) in [5.74, 6) is 0.543. The summed E-state index contributed by atoms with van der Waals surface area (Å²) < 4.78 is 20.6. The smallest absolute Gasteiger partial charge is 0.263 e. The van der Waals surface area contributed by atoms with E-state index in [9.17, 15) is 14.0 Å². The molecule has 2 aromatic carbocycles. The largest absolute Gasteiger partial charge is 0.481 e. The zero-order chi connectivity index (χ0) is 27.2. The van der Waals surface area contributed by atoms with Crippen LogP contribution in [0.25, 0.3) is 0 Å². The summed E-state index contributed by atoms with van der Waals surface area (Å²) in [6.07, 6.45) is 3.00. The Morgan fingerprint density at radius 1 is 1.11 bits per heavy atom. The van der Waals surface area contributed by atoms with Crippen LogP contribution >= 0.6 is 0 Å². The van der Waals surface area contributed by atoms with Crippen LogP contribution in [0.4, 0.5) is 4.39 Å². The van der Waals surface area contributed by atoms with Gasteiger partial charge in [-0.3, -0.25) is 14.5 Å². The van der Waals surface area contributed by atoms with E-state index in [4.69, 9.17) is 4.74 Å². The van der Waals surface area contributed by atoms with Crippen LogP contribution in [0, 0.1) is 11.7 Å². The third kappa shape index (κ3) is 6.44. The first-order valence-corrected chi connectivity index (χ1v) is 13.8. The van der Waals surface area contributed by atoms with Crippen molar-refractivity contribution >= 4 is 11.8 Å². The molecule has 2 aliphatic heterocycles. The molecule has 0 radical (unpaired) electrons. The predicted molar refractivity (Wildman–Crippen MR) is 147 cm³/mol. The van der Waals surface area contributed by atoms with Crippen molar-refractivity contribution in [2.24, 2.45) is 5.92 Å². The fourth-order valence-corrected chi connectivity index (χ4v) is 5.45. The molecule has 0 bridgehead atoms. The molecule has 6 nitrogen and oxygen atoms in total. The monoisotopic (exact) mass is 521 g/mol. The number of carbonyl (C=O) groups excluding carboxylic acids is 2. The molecule has 2 atom stereocenters. The number of amides is 2. The highest BCUT2D eigenvalue weighted by Crippen LogP contribution is 2.38. The van der Waals surface area contributed by atoms with E-state index in [1.54, 1.807) is 6.07 Å². The van der Waals surface area contributed by atoms with Crippen LogP contribution in [0.1, 0.15) is 56.3 Å². The van der Waals surface area contributed by atoms with Gasteiger partial charge in [0.2, 0.25) is 5.91 Å². The van der Waals surface area contributed by atoms with Crippen LogP contribution in [0.3, 0.4) is 0 Å². The van der Waals surface area contributed by atoms with Crippen LogP contribution in [-0.4, -0.2) is 71.9 Å². The maximum Gasteiger partial charge on any atom is 0.263 e. The van der Waals surface area contributed by atoms with E-state index in [0.29, 0.717) is 38.2 Å². The Hall–Kier alpha value is -3.19. The first-order valence-electron chi connectivity index (χ1n) is 13.8. The predicted octanol–water partition coefficient (Wildman–Crippen LogP) is 4.83. The molecule has 2 aromatic rings. The summed E-state index contributed by atoms with van der Waals surface area (Å²) in [4.78, 5) is 32.6. The fraction of sp³-hybridized carbons (Fsp3) is 0.484. The number of hydrogen-bond acceptors (Lipinski definition) is 4. The van der Waals surface area contributed by atoms with E-state index in [-0.39, 0.29) is 23.5 Å². The molecule has 0 spiro atoms. The van der Waals surface area contributed by atoms with E-state index < -0.39 is 12.1 Å². The molecule has 0 unspecified atom stereocenters. The number of benzene rings is 2. The van der Waals surface area contributed by atoms with Gasteiger partial charge in [-0.15, -0.1) is 6.58 Å². The third-order valence-corrected chi connectivity index (χ3v) is 7.41. The zero-order valence-electron chi connectivity index (χ0n) is 22.9. The molecule has 1 saturated heterocycles. The molecule has 0 aliphatic carbocycles. The lowest BCUT2D eigenvalue weighted by atomic mass is 9.87. The number of nitrogens with zero attached hydrogens (tertiary/aromatic N) is 3. The van der Waals surface area contributed by atoms with Gasteiger partial charge in [0.25, 0.3) is 5.91 Å². The van der Waals surface area contributed by atoms with E-state index in [1.807, 2.05) is 60.9 Å². The van der Waals surface area contributed by atoms with Gasteiger partial charge >= 0.3 is 0 Å². The number of piperazine rings is 1. The van der Waals surface area contributed by atoms with Gasteiger partial charge in [-0.25, -0.2) is 4.39 Å². The van der Waals surface area contributed by atoms with Gasteiger partial charge in [-0.1, -0.05) is 45.0 Å². The van der Waals surface area contributed by atoms with Crippen molar-refractivity contribution < 1.29 is 18.7 Å². The van der Waals surface area contributed by atoms with Crippen LogP contribution in [0.5, 0.6) is 5.75 Å². The number of fused-ring (bicyclic) bond motifs is 1. The molecule has 7 heteroatoms. The molecule has 0 saturated carbocycles. The van der Waals surface area contributed by atoms with Crippen LogP contribution < -0.4 is 4.74 Å². The maximum absolute atomic E-state index is 14.3. The van der Waals surface area contributed by atoms with Gasteiger partial charge in [-0.2, -0.15) is 0 Å². The second kappa shape index (κ2) is 12.6. The van der Waals surface area contributed by atoms with Crippen LogP contribution in [-0.2, 0) is 16.0 Å². The SMILES string of the molecule is C=CCN1CCN(C(=O)[C@@H](CC)Oc2ccc3c(c2)[C@@H](c2cccc(F)c2)N(C(=O)CC(C)C)CC3)CC1. The molecule has 2 amide bonds. The molecule has 2 aliphatic rings. The summed E-state index contributed by atoms with van der Waals surface area (Å²) in [7, 11) is 0. The molecule has 1 fully saturated rings. The minimum atomic E-state index is -0.589. The standard InChI is InChI=1S/C31H40FN3O3/c1-5-13-33-15-17-34(18-16-33)31(37)28(6-2)38-26-11-10-23-12-14-35(29(36)19-22(3)4)30(27(23)21-26)24-8-7-9-25(32)20-24/h5,7-11,20-22,28,30H,1,6,12-19H2,2-4H3/t28-,30-/m1/s1. The quantitative estimate of drug-likeness (QED) is 0.444. The van der Waals surface area contributed by atoms with E-state index in [1.165, 1.54) is 12.1 Å². The molecule has 0 aromatic heterocycles. The van der Waals surface area contributed by atoms with Crippen molar-refractivity contribution in [2.45, 2.75) is 52.2 Å². The number of halogens is 1. The minimum Gasteiger partial charge on any atom is -0.481 e. The van der Waals surface area contributed by atoms with Crippen molar-refractivity contribution in [3.05, 3.63) is 77.6 Å². The van der Waals surface area contributed by atoms with Crippen molar-refractivity contribution in [1.82, 2.24) is 14.7 Å². The Morgan fingerprint density at radius 2 is 1.87 bits per heavy atom. The Morgan fingerprint density at radius 3 is 2.53 bits per heavy atom. The van der Waals surface area contributed by atoms with E-state index in [2.05, 4.69) is 11.5 Å². The summed E-state index contributed by atoms with van der Waals surface area (Å²) in [5.41, 5.74) is 2.77. The molecule has 204 valence electrons. The van der Waals surface area contributed by atoms with Gasteiger partial charge in [0.05, 0.1) is 6.04 Å². The summed E-state index contributed by atoms with van der Waals surface area (Å²) in [5, 5.41) is 0. The lowest BCUT2D eigenvalue weighted by Gasteiger charge is -2.38. The maximum atomic E-state index is 14.3. The summed E-state index contributed by atoms with van der Waals surface area (Å²) in [6, 6.07) is 11.9. The lowest BCUT2D eigenvalue weighted by molar-refractivity contribution is -0.140. The number of ether oxygens (including phenoxy) is 1. The van der Waals surface area contributed by atoms with Crippen molar-refractivity contribution in [2.75, 3.05) is 39.3 Å². The highest BCUT2D eigenvalue weighted by molar-refractivity contribution is 5.81. The number of hydrogen-bond donors (Lipinski definition) is 0. The Kier molecular flexibility index (Phi) is 9.21. The highest BCUT2D eigenvalue weighted by atomic mass is 19.1. The first-order chi connectivity index (χ1) is 18.3. The Labute approximate surface area is 226 Å². The first kappa shape index (κ1) is 27.8. The zero-order valence-corrected chi connectivity index (χ0v) is 22.9. The molecular weight excluding hydrogens is 481 g/mol. The van der Waals surface area contributed by atoms with Crippen LogP contribution in [0.2, 0.25) is 0 Å². The summed E-state index contributed by atoms with van der Waals surface area (Å²) in [6.45, 7) is 14.2. The fourth-order valence-electron chi connectivity index (χ4n) is 5.45. The second-order valence-corrected chi connectivity index (χ2v) is 10.7. The lowest BCUT2D eigenvalue weighted by Crippen LogP contribution is -2.52. The van der Waals surface area contributed by atoms with Gasteiger partial charge in [0.15, 0.2) is 6.10 Å². The molecule has 38 heavy (non-hydrogen) atoms. The van der Waals surface area contributed by atoms with E-state index in [0.717, 1.165) is 42.7 Å². The number of carbonyl (C=O) groups is 2. The van der Waals surface area contributed by atoms with Crippen LogP contribution in [0.15, 0.2) is 55.1 Å². The van der Waals surface area contributed by atoms with Crippen molar-refractivity contribution in [3.63, 3.8) is 0 Å². The molecule has 4 rings (SSSR count). The molecular formula is C31H40FN3O3. The van der Waals surface area contributed by atoms with Gasteiger partial charge in [0, 0.05) is 45.7 Å². The van der Waals surface area contributed by atoms with Crippen molar-refractivity contribution in [1.29, 1.82) is 0 Å². The minimum absolute atomic E-state index is 0.00103. The van der Waals surface area contributed by atoms with Crippen molar-refractivity contribution in [3.8, 4) is 5.75 Å². The normalized spacial score (nSPS) is 18.7. The van der Waals surface area contributed by atoms with Gasteiger partial charge < -0.3 is 14.5 Å². The Bertz CT molecular complexity index is 1140. The number of rotatable bonds is 9. The van der Waals surface area contributed by atoms with Gasteiger partial charge in [0.1, 0.15) is 11.6 Å². The third-order valence-electron chi connectivity index (χ3n) is 7.41. The highest BCUT2D eigenvalue weighted by Gasteiger charge is 2.33. The second-order valence-electron chi connectivity index (χ2n) is 10.7. The van der Waals surface area contributed by atoms with E-state index >= 15 is 0 Å². The van der Waals surface area contributed by atoms with Gasteiger partial charge in [-0.05, 0) is 59.7 Å². The molecule has 0 N–H and O–H groups in total. The molecule has 2 heterocycles. The topological polar surface area (TPSA) is 53.1 Å². The average Bonchev–Trinajstić information content (AvgIpc) is 2.90. The summed E-state index contributed by atoms with van der Waals surface area (Å²) >= 11 is 0. The average molecular weight is 522 g/mol. The Balaban J connectivity index is 1.59.